The van der Waals surface area contributed by atoms with E-state index in [2.05, 4.69) is 27.4 Å². The molecular formula is C20H41IN4O. The molecule has 0 atom stereocenters. The van der Waals surface area contributed by atoms with Crippen LogP contribution in [0.5, 0.6) is 0 Å². The Bertz CT molecular complexity index is 367. The van der Waals surface area contributed by atoms with Gasteiger partial charge in [-0.3, -0.25) is 4.99 Å². The van der Waals surface area contributed by atoms with E-state index >= 15 is 0 Å². The highest BCUT2D eigenvalue weighted by Gasteiger charge is 2.18. The number of nitrogens with zero attached hydrogens (tertiary/aromatic N) is 2. The van der Waals surface area contributed by atoms with Crippen molar-refractivity contribution in [3.8, 4) is 0 Å². The Morgan fingerprint density at radius 2 is 1.81 bits per heavy atom. The number of likely N-dealkylation sites (tertiary alicyclic amines) is 1. The molecule has 154 valence electrons. The summed E-state index contributed by atoms with van der Waals surface area (Å²) in [7, 11) is 1.86. The van der Waals surface area contributed by atoms with E-state index in [0.29, 0.717) is 6.10 Å². The zero-order valence-corrected chi connectivity index (χ0v) is 19.3. The lowest BCUT2D eigenvalue weighted by atomic mass is 9.97. The molecular weight excluding hydrogens is 439 g/mol. The van der Waals surface area contributed by atoms with Crippen LogP contribution in [0.25, 0.3) is 0 Å². The fourth-order valence-electron chi connectivity index (χ4n) is 3.95. The summed E-state index contributed by atoms with van der Waals surface area (Å²) < 4.78 is 5.98. The molecule has 0 aromatic carbocycles. The van der Waals surface area contributed by atoms with Gasteiger partial charge in [-0.15, -0.1) is 24.0 Å². The predicted molar refractivity (Wildman–Crippen MR) is 122 cm³/mol. The van der Waals surface area contributed by atoms with Crippen LogP contribution in [0.4, 0.5) is 0 Å². The Morgan fingerprint density at radius 1 is 1.08 bits per heavy atom. The number of guanidine groups is 1. The van der Waals surface area contributed by atoms with Crippen LogP contribution in [-0.2, 0) is 4.74 Å². The summed E-state index contributed by atoms with van der Waals surface area (Å²) in [6, 6.07) is 0. The minimum absolute atomic E-state index is 0. The molecule has 0 amide bonds. The molecule has 0 unspecified atom stereocenters. The van der Waals surface area contributed by atoms with E-state index in [1.807, 2.05) is 7.05 Å². The third-order valence-electron chi connectivity index (χ3n) is 5.55. The van der Waals surface area contributed by atoms with Crippen LogP contribution < -0.4 is 10.6 Å². The molecule has 0 aromatic heterocycles. The van der Waals surface area contributed by atoms with Gasteiger partial charge in [-0.05, 0) is 64.1 Å². The SMILES string of the molecule is CCCN1CCC(CNC(=NC)NCCCOC2CCCCC2)CC1.I. The first-order valence-electron chi connectivity index (χ1n) is 10.6. The van der Waals surface area contributed by atoms with Gasteiger partial charge in [0.2, 0.25) is 0 Å². The summed E-state index contributed by atoms with van der Waals surface area (Å²) in [4.78, 5) is 6.94. The second-order valence-electron chi connectivity index (χ2n) is 7.65. The van der Waals surface area contributed by atoms with E-state index < -0.39 is 0 Å². The largest absolute Gasteiger partial charge is 0.378 e. The number of ether oxygens (including phenoxy) is 1. The van der Waals surface area contributed by atoms with Crippen LogP contribution in [0.2, 0.25) is 0 Å². The van der Waals surface area contributed by atoms with E-state index in [1.165, 1.54) is 71.0 Å². The van der Waals surface area contributed by atoms with Gasteiger partial charge < -0.3 is 20.3 Å². The lowest BCUT2D eigenvalue weighted by Gasteiger charge is -2.32. The van der Waals surface area contributed by atoms with E-state index in [4.69, 9.17) is 4.74 Å². The average Bonchev–Trinajstić information content (AvgIpc) is 2.66. The number of aliphatic imine (C=N–C) groups is 1. The number of hydrogen-bond acceptors (Lipinski definition) is 3. The Morgan fingerprint density at radius 3 is 2.46 bits per heavy atom. The summed E-state index contributed by atoms with van der Waals surface area (Å²) in [5.41, 5.74) is 0. The fourth-order valence-corrected chi connectivity index (χ4v) is 3.95. The standard InChI is InChI=1S/C20H40N4O.HI/c1-3-13-24-14-10-18(11-15-24)17-23-20(21-2)22-12-7-16-25-19-8-5-4-6-9-19;/h18-19H,3-17H2,1-2H3,(H2,21,22,23);1H. The number of piperidine rings is 1. The van der Waals surface area contributed by atoms with Crippen molar-refractivity contribution in [2.75, 3.05) is 46.4 Å². The normalized spacial score (nSPS) is 20.6. The molecule has 1 aliphatic carbocycles. The van der Waals surface area contributed by atoms with Crippen molar-refractivity contribution in [3.05, 3.63) is 0 Å². The predicted octanol–water partition coefficient (Wildman–Crippen LogP) is 3.63. The number of nitrogens with one attached hydrogen (secondary N) is 2. The van der Waals surface area contributed by atoms with E-state index in [1.54, 1.807) is 0 Å². The second-order valence-corrected chi connectivity index (χ2v) is 7.65. The molecule has 2 rings (SSSR count). The molecule has 1 aliphatic heterocycles. The zero-order chi connectivity index (χ0) is 17.7. The van der Waals surface area contributed by atoms with Crippen LogP contribution in [-0.4, -0.2) is 63.3 Å². The molecule has 0 aromatic rings. The van der Waals surface area contributed by atoms with Crippen LogP contribution in [0.3, 0.4) is 0 Å². The van der Waals surface area contributed by atoms with Gasteiger partial charge in [-0.25, -0.2) is 0 Å². The van der Waals surface area contributed by atoms with Crippen LogP contribution in [0.15, 0.2) is 4.99 Å². The van der Waals surface area contributed by atoms with Crippen molar-refractivity contribution in [1.29, 1.82) is 0 Å². The molecule has 5 nitrogen and oxygen atoms in total. The van der Waals surface area contributed by atoms with Gasteiger partial charge in [0, 0.05) is 26.7 Å². The van der Waals surface area contributed by atoms with Gasteiger partial charge in [-0.1, -0.05) is 26.2 Å². The minimum atomic E-state index is 0. The summed E-state index contributed by atoms with van der Waals surface area (Å²) in [6.45, 7) is 8.87. The van der Waals surface area contributed by atoms with Gasteiger partial charge >= 0.3 is 0 Å². The lowest BCUT2D eigenvalue weighted by molar-refractivity contribution is 0.0277. The molecule has 1 saturated carbocycles. The van der Waals surface area contributed by atoms with Crippen LogP contribution in [0.1, 0.15) is 64.7 Å². The second kappa shape index (κ2) is 14.9. The Balaban J connectivity index is 0.00000338. The van der Waals surface area contributed by atoms with Crippen molar-refractivity contribution in [2.24, 2.45) is 10.9 Å². The van der Waals surface area contributed by atoms with Gasteiger partial charge in [0.15, 0.2) is 5.96 Å². The summed E-state index contributed by atoms with van der Waals surface area (Å²) in [6.07, 6.45) is 12.0. The molecule has 0 spiro atoms. The topological polar surface area (TPSA) is 48.9 Å². The van der Waals surface area contributed by atoms with E-state index in [0.717, 1.165) is 38.0 Å². The summed E-state index contributed by atoms with van der Waals surface area (Å²) in [5, 5.41) is 6.93. The molecule has 0 radical (unpaired) electrons. The number of hydrogen-bond donors (Lipinski definition) is 2. The molecule has 2 N–H and O–H groups in total. The van der Waals surface area contributed by atoms with Crippen molar-refractivity contribution in [3.63, 3.8) is 0 Å². The van der Waals surface area contributed by atoms with Gasteiger partial charge in [0.25, 0.3) is 0 Å². The molecule has 26 heavy (non-hydrogen) atoms. The van der Waals surface area contributed by atoms with Crippen molar-refractivity contribution >= 4 is 29.9 Å². The molecule has 6 heteroatoms. The zero-order valence-electron chi connectivity index (χ0n) is 17.0. The molecule has 2 fully saturated rings. The summed E-state index contributed by atoms with van der Waals surface area (Å²) >= 11 is 0. The van der Waals surface area contributed by atoms with Crippen molar-refractivity contribution in [2.45, 2.75) is 70.8 Å². The molecule has 1 heterocycles. The lowest BCUT2D eigenvalue weighted by Crippen LogP contribution is -2.43. The molecule has 0 bridgehead atoms. The number of rotatable bonds is 9. The first kappa shape index (κ1) is 24.0. The highest BCUT2D eigenvalue weighted by molar-refractivity contribution is 14.0. The smallest absolute Gasteiger partial charge is 0.190 e. The Kier molecular flexibility index (Phi) is 13.7. The van der Waals surface area contributed by atoms with Crippen molar-refractivity contribution < 1.29 is 4.74 Å². The third kappa shape index (κ3) is 9.74. The van der Waals surface area contributed by atoms with Crippen LogP contribution >= 0.6 is 24.0 Å². The Labute approximate surface area is 178 Å². The van der Waals surface area contributed by atoms with Gasteiger partial charge in [-0.2, -0.15) is 0 Å². The van der Waals surface area contributed by atoms with Crippen LogP contribution in [0, 0.1) is 5.92 Å². The number of halogens is 1. The first-order chi connectivity index (χ1) is 12.3. The fraction of sp³-hybridized carbons (Fsp3) is 0.950. The van der Waals surface area contributed by atoms with Crippen molar-refractivity contribution in [1.82, 2.24) is 15.5 Å². The molecule has 1 saturated heterocycles. The average molecular weight is 480 g/mol. The first-order valence-corrected chi connectivity index (χ1v) is 10.6. The maximum Gasteiger partial charge on any atom is 0.190 e. The monoisotopic (exact) mass is 480 g/mol. The van der Waals surface area contributed by atoms with Gasteiger partial charge in [0.1, 0.15) is 0 Å². The third-order valence-corrected chi connectivity index (χ3v) is 5.55. The Hall–Kier alpha value is -0.0800. The highest BCUT2D eigenvalue weighted by atomic mass is 127. The maximum atomic E-state index is 5.98. The van der Waals surface area contributed by atoms with Gasteiger partial charge in [0.05, 0.1) is 6.10 Å². The van der Waals surface area contributed by atoms with E-state index in [-0.39, 0.29) is 24.0 Å². The van der Waals surface area contributed by atoms with E-state index in [9.17, 15) is 0 Å². The quantitative estimate of drug-likeness (QED) is 0.229. The highest BCUT2D eigenvalue weighted by Crippen LogP contribution is 2.20. The summed E-state index contributed by atoms with van der Waals surface area (Å²) in [5.74, 6) is 1.72. The minimum Gasteiger partial charge on any atom is -0.378 e. The molecule has 2 aliphatic rings. The maximum absolute atomic E-state index is 5.98.